The second-order valence-corrected chi connectivity index (χ2v) is 6.82. The average Bonchev–Trinajstić information content (AvgIpc) is 2.89. The first-order chi connectivity index (χ1) is 9.66. The molecule has 0 aliphatic carbocycles. The molecule has 0 atom stereocenters. The lowest BCUT2D eigenvalue weighted by molar-refractivity contribution is 0.312. The van der Waals surface area contributed by atoms with Crippen molar-refractivity contribution in [1.29, 1.82) is 0 Å². The van der Waals surface area contributed by atoms with Crippen molar-refractivity contribution in [1.82, 2.24) is 5.32 Å². The fourth-order valence-electron chi connectivity index (χ4n) is 1.89. The van der Waals surface area contributed by atoms with Gasteiger partial charge < -0.3 is 10.1 Å². The van der Waals surface area contributed by atoms with E-state index in [-0.39, 0.29) is 0 Å². The van der Waals surface area contributed by atoms with E-state index in [2.05, 4.69) is 38.8 Å². The van der Waals surface area contributed by atoms with Crippen molar-refractivity contribution in [3.05, 3.63) is 49.6 Å². The Balaban J connectivity index is 1.68. The normalized spacial score (nSPS) is 10.8. The van der Waals surface area contributed by atoms with Crippen LogP contribution in [0.3, 0.4) is 0 Å². The highest BCUT2D eigenvalue weighted by Gasteiger charge is 2.06. The van der Waals surface area contributed by atoms with E-state index in [9.17, 15) is 0 Å². The van der Waals surface area contributed by atoms with E-state index >= 15 is 0 Å². The molecule has 0 fully saturated rings. The lowest BCUT2D eigenvalue weighted by Gasteiger charge is -2.12. The minimum absolute atomic E-state index is 0.618. The van der Waals surface area contributed by atoms with Gasteiger partial charge in [0.05, 0.1) is 5.02 Å². The Morgan fingerprint density at radius 2 is 2.20 bits per heavy atom. The molecule has 2 rings (SSSR count). The highest BCUT2D eigenvalue weighted by Crippen LogP contribution is 2.31. The number of ether oxygens (including phenoxy) is 1. The van der Waals surface area contributed by atoms with E-state index in [1.54, 1.807) is 11.3 Å². The molecular formula is C15H17BrClNOS. The smallest absolute Gasteiger partial charge is 0.140 e. The van der Waals surface area contributed by atoms with Gasteiger partial charge in [-0.3, -0.25) is 0 Å². The van der Waals surface area contributed by atoms with Gasteiger partial charge in [0.15, 0.2) is 0 Å². The summed E-state index contributed by atoms with van der Waals surface area (Å²) in [6, 6.07) is 8.11. The number of hydrogen-bond donors (Lipinski definition) is 1. The molecule has 1 aromatic heterocycles. The van der Waals surface area contributed by atoms with Crippen LogP contribution in [0.4, 0.5) is 0 Å². The maximum atomic E-state index is 6.17. The van der Waals surface area contributed by atoms with Crippen LogP contribution in [0.5, 0.6) is 5.75 Å². The summed E-state index contributed by atoms with van der Waals surface area (Å²) in [6.07, 6.45) is 1.07. The van der Waals surface area contributed by atoms with Gasteiger partial charge in [0.1, 0.15) is 12.4 Å². The zero-order chi connectivity index (χ0) is 14.4. The van der Waals surface area contributed by atoms with Crippen LogP contribution in [0.25, 0.3) is 0 Å². The molecule has 0 saturated heterocycles. The SMILES string of the molecule is Cc1cc(Br)cc(Cl)c1OCCNCCc1cccs1. The van der Waals surface area contributed by atoms with Crippen LogP contribution in [-0.4, -0.2) is 19.7 Å². The third-order valence-electron chi connectivity index (χ3n) is 2.85. The van der Waals surface area contributed by atoms with Crippen LogP contribution in [0, 0.1) is 6.92 Å². The maximum absolute atomic E-state index is 6.17. The van der Waals surface area contributed by atoms with Crippen molar-refractivity contribution in [2.45, 2.75) is 13.3 Å². The highest BCUT2D eigenvalue weighted by molar-refractivity contribution is 9.10. The van der Waals surface area contributed by atoms with E-state index in [1.165, 1.54) is 4.88 Å². The van der Waals surface area contributed by atoms with Crippen LogP contribution in [0.15, 0.2) is 34.1 Å². The summed E-state index contributed by atoms with van der Waals surface area (Å²) in [5.41, 5.74) is 1.04. The molecule has 5 heteroatoms. The fourth-order valence-corrected chi connectivity index (χ4v) is 3.62. The molecule has 0 saturated carbocycles. The molecule has 1 N–H and O–H groups in total. The summed E-state index contributed by atoms with van der Waals surface area (Å²) in [6.45, 7) is 4.40. The number of aryl methyl sites for hydroxylation is 1. The van der Waals surface area contributed by atoms with Crippen LogP contribution in [-0.2, 0) is 6.42 Å². The second-order valence-electron chi connectivity index (χ2n) is 4.46. The van der Waals surface area contributed by atoms with Crippen molar-refractivity contribution in [2.24, 2.45) is 0 Å². The first-order valence-corrected chi connectivity index (χ1v) is 8.53. The predicted octanol–water partition coefficient (Wildman–Crippen LogP) is 4.68. The largest absolute Gasteiger partial charge is 0.490 e. The second kappa shape index (κ2) is 8.03. The van der Waals surface area contributed by atoms with Crippen LogP contribution in [0.2, 0.25) is 5.02 Å². The van der Waals surface area contributed by atoms with Crippen molar-refractivity contribution in [2.75, 3.05) is 19.7 Å². The fraction of sp³-hybridized carbons (Fsp3) is 0.333. The van der Waals surface area contributed by atoms with Crippen LogP contribution >= 0.6 is 38.9 Å². The van der Waals surface area contributed by atoms with Crippen LogP contribution < -0.4 is 10.1 Å². The Morgan fingerprint density at radius 3 is 2.90 bits per heavy atom. The Morgan fingerprint density at radius 1 is 1.35 bits per heavy atom. The lowest BCUT2D eigenvalue weighted by atomic mass is 10.2. The third kappa shape index (κ3) is 4.77. The number of rotatable bonds is 7. The number of nitrogens with one attached hydrogen (secondary N) is 1. The molecule has 0 bridgehead atoms. The molecule has 0 unspecified atom stereocenters. The summed E-state index contributed by atoms with van der Waals surface area (Å²) in [4.78, 5) is 1.41. The van der Waals surface area contributed by atoms with Gasteiger partial charge in [-0.05, 0) is 42.5 Å². The molecule has 0 aliphatic heterocycles. The van der Waals surface area contributed by atoms with Crippen molar-refractivity contribution < 1.29 is 4.74 Å². The Hall–Kier alpha value is -0.550. The van der Waals surface area contributed by atoms with Gasteiger partial charge >= 0.3 is 0 Å². The number of hydrogen-bond acceptors (Lipinski definition) is 3. The Bertz CT molecular complexity index is 522. The number of benzene rings is 1. The minimum atomic E-state index is 0.618. The summed E-state index contributed by atoms with van der Waals surface area (Å²) in [5, 5.41) is 6.13. The predicted molar refractivity (Wildman–Crippen MR) is 90.3 cm³/mol. The maximum Gasteiger partial charge on any atom is 0.140 e. The zero-order valence-electron chi connectivity index (χ0n) is 11.3. The van der Waals surface area contributed by atoms with Crippen molar-refractivity contribution in [3.63, 3.8) is 0 Å². The summed E-state index contributed by atoms with van der Waals surface area (Å²) in [7, 11) is 0. The quantitative estimate of drug-likeness (QED) is 0.710. The van der Waals surface area contributed by atoms with Gasteiger partial charge in [0, 0.05) is 22.4 Å². The standard InChI is InChI=1S/C15H17BrClNOS/c1-11-9-12(16)10-14(17)15(11)19-7-6-18-5-4-13-3-2-8-20-13/h2-3,8-10,18H,4-7H2,1H3. The topological polar surface area (TPSA) is 21.3 Å². The van der Waals surface area contributed by atoms with Crippen molar-refractivity contribution in [3.8, 4) is 5.75 Å². The van der Waals surface area contributed by atoms with Gasteiger partial charge in [-0.15, -0.1) is 11.3 Å². The first kappa shape index (κ1) is 15.8. The Labute approximate surface area is 137 Å². The number of halogens is 2. The lowest BCUT2D eigenvalue weighted by Crippen LogP contribution is -2.23. The number of thiophene rings is 1. The summed E-state index contributed by atoms with van der Waals surface area (Å²) in [5.74, 6) is 0.773. The molecule has 1 aromatic carbocycles. The van der Waals surface area contributed by atoms with Gasteiger partial charge in [0.25, 0.3) is 0 Å². The molecule has 20 heavy (non-hydrogen) atoms. The first-order valence-electron chi connectivity index (χ1n) is 6.48. The van der Waals surface area contributed by atoms with Gasteiger partial charge in [-0.25, -0.2) is 0 Å². The molecule has 1 heterocycles. The van der Waals surface area contributed by atoms with Crippen LogP contribution in [0.1, 0.15) is 10.4 Å². The third-order valence-corrected chi connectivity index (χ3v) is 4.52. The minimum Gasteiger partial charge on any atom is -0.490 e. The highest BCUT2D eigenvalue weighted by atomic mass is 79.9. The molecule has 2 aromatic rings. The molecule has 0 spiro atoms. The van der Waals surface area contributed by atoms with Gasteiger partial charge in [-0.2, -0.15) is 0 Å². The van der Waals surface area contributed by atoms with E-state index in [1.807, 2.05) is 19.1 Å². The molecule has 2 nitrogen and oxygen atoms in total. The molecule has 0 radical (unpaired) electrons. The van der Waals surface area contributed by atoms with Gasteiger partial charge in [-0.1, -0.05) is 33.6 Å². The molecule has 0 aliphatic rings. The monoisotopic (exact) mass is 373 g/mol. The average molecular weight is 375 g/mol. The van der Waals surface area contributed by atoms with Crippen molar-refractivity contribution >= 4 is 38.9 Å². The van der Waals surface area contributed by atoms with E-state index in [4.69, 9.17) is 16.3 Å². The summed E-state index contributed by atoms with van der Waals surface area (Å²) >= 11 is 11.4. The Kier molecular flexibility index (Phi) is 6.36. The van der Waals surface area contributed by atoms with Gasteiger partial charge in [0.2, 0.25) is 0 Å². The van der Waals surface area contributed by atoms with E-state index in [0.717, 1.165) is 35.3 Å². The zero-order valence-corrected chi connectivity index (χ0v) is 14.4. The molecule has 0 amide bonds. The molecule has 108 valence electrons. The molecular weight excluding hydrogens is 358 g/mol. The van der Waals surface area contributed by atoms with E-state index in [0.29, 0.717) is 11.6 Å². The summed E-state index contributed by atoms with van der Waals surface area (Å²) < 4.78 is 6.72. The van der Waals surface area contributed by atoms with E-state index < -0.39 is 0 Å².